The average Bonchev–Trinajstić information content (AvgIpc) is 3.84. The van der Waals surface area contributed by atoms with E-state index in [1.54, 1.807) is 0 Å². The number of fused-ring (bicyclic) bond motifs is 8. The summed E-state index contributed by atoms with van der Waals surface area (Å²) in [5, 5.41) is 10.1. The van der Waals surface area contributed by atoms with E-state index in [2.05, 4.69) is 239 Å². The lowest BCUT2D eigenvalue weighted by molar-refractivity contribution is 0.733. The third-order valence-corrected chi connectivity index (χ3v) is 14.3. The lowest BCUT2D eigenvalue weighted by Gasteiger charge is -2.35. The molecule has 1 aliphatic carbocycles. The van der Waals surface area contributed by atoms with Crippen molar-refractivity contribution in [2.24, 2.45) is 5.92 Å². The van der Waals surface area contributed by atoms with Crippen LogP contribution in [0, 0.1) is 5.92 Å². The number of rotatable bonds is 10. The summed E-state index contributed by atoms with van der Waals surface area (Å²) in [6, 6.07) is 58.1. The Balaban J connectivity index is 1.25. The summed E-state index contributed by atoms with van der Waals surface area (Å²) in [4.78, 5) is 5.19. The van der Waals surface area contributed by atoms with Crippen LogP contribution in [0.3, 0.4) is 0 Å². The molecule has 1 atom stereocenters. The van der Waals surface area contributed by atoms with Gasteiger partial charge in [0.25, 0.3) is 0 Å². The Kier molecular flexibility index (Phi) is 10.1. The van der Waals surface area contributed by atoms with E-state index in [0.717, 1.165) is 17.8 Å². The minimum absolute atomic E-state index is 0.140. The van der Waals surface area contributed by atoms with E-state index >= 15 is 0 Å². The van der Waals surface area contributed by atoms with Crippen LogP contribution in [-0.2, 0) is 0 Å². The minimum Gasteiger partial charge on any atom is -0.333 e. The SMILES string of the molecule is CC(C)C1=CCC(N(c2ccc(C(C)C)cc2)c2c3ccccc3cc3c2c2cccc4c5c(N(c6ccc(C(C)C)cc6)c6ccc(C(C)C)cc6)c6ccccc6cc5n3c42)C=C1. The molecule has 1 unspecified atom stereocenters. The maximum Gasteiger partial charge on any atom is 0.0640 e. The monoisotopic (exact) mass is 845 g/mol. The number of allylic oxidation sites excluding steroid dienone is 2. The standard InChI is InChI=1S/C62H59N3/c1-38(2)42-20-28-48(29-21-42)63(49-30-22-43(23-31-49)39(3)4)61-52-16-11-9-14-46(52)36-56-58(61)54-18-13-19-55-59-57(65(56)60(54)55)37-47-15-10-12-17-53(47)62(59)64(50-32-24-44(25-33-50)40(5)6)51-34-26-45(27-35-51)41(7)8/h9-34,36-41,51H,35H2,1-8H3. The summed E-state index contributed by atoms with van der Waals surface area (Å²) in [6.45, 7) is 18.3. The highest BCUT2D eigenvalue weighted by Crippen LogP contribution is 2.52. The predicted octanol–water partition coefficient (Wildman–Crippen LogP) is 18.0. The number of anilines is 5. The number of hydrogen-bond donors (Lipinski definition) is 0. The van der Waals surface area contributed by atoms with E-state index in [1.807, 2.05) is 0 Å². The second-order valence-corrected chi connectivity index (χ2v) is 19.7. The molecule has 3 heteroatoms. The molecule has 2 aromatic heterocycles. The van der Waals surface area contributed by atoms with Crippen LogP contribution in [0.2, 0.25) is 0 Å². The highest BCUT2D eigenvalue weighted by Gasteiger charge is 2.30. The average molecular weight is 846 g/mol. The molecule has 0 saturated carbocycles. The Morgan fingerprint density at radius 1 is 0.462 bits per heavy atom. The predicted molar refractivity (Wildman–Crippen MR) is 282 cm³/mol. The van der Waals surface area contributed by atoms with E-state index < -0.39 is 0 Å². The zero-order valence-electron chi connectivity index (χ0n) is 39.1. The van der Waals surface area contributed by atoms with Crippen molar-refractivity contribution >= 4 is 88.1 Å². The molecular formula is C62H59N3. The summed E-state index contributed by atoms with van der Waals surface area (Å²) in [7, 11) is 0. The molecule has 65 heavy (non-hydrogen) atoms. The van der Waals surface area contributed by atoms with Crippen molar-refractivity contribution in [2.45, 2.75) is 85.6 Å². The highest BCUT2D eigenvalue weighted by atomic mass is 15.2. The van der Waals surface area contributed by atoms with Crippen LogP contribution in [0.5, 0.6) is 0 Å². The van der Waals surface area contributed by atoms with Gasteiger partial charge in [0.05, 0.1) is 34.0 Å². The molecular weight excluding hydrogens is 787 g/mol. The van der Waals surface area contributed by atoms with Gasteiger partial charge in [-0.3, -0.25) is 0 Å². The third-order valence-electron chi connectivity index (χ3n) is 14.3. The van der Waals surface area contributed by atoms with Gasteiger partial charge in [-0.15, -0.1) is 0 Å². The van der Waals surface area contributed by atoms with E-state index in [9.17, 15) is 0 Å². The van der Waals surface area contributed by atoms with Crippen molar-refractivity contribution in [2.75, 3.05) is 9.80 Å². The number of para-hydroxylation sites is 1. The maximum absolute atomic E-state index is 2.66. The molecule has 322 valence electrons. The molecule has 3 nitrogen and oxygen atoms in total. The molecule has 0 bridgehead atoms. The van der Waals surface area contributed by atoms with Crippen molar-refractivity contribution in [3.05, 3.63) is 192 Å². The molecule has 10 aromatic rings. The van der Waals surface area contributed by atoms with Gasteiger partial charge in [0.2, 0.25) is 0 Å². The molecule has 2 heterocycles. The molecule has 0 fully saturated rings. The van der Waals surface area contributed by atoms with Crippen LogP contribution in [0.4, 0.5) is 28.4 Å². The smallest absolute Gasteiger partial charge is 0.0640 e. The zero-order chi connectivity index (χ0) is 44.7. The Morgan fingerprint density at radius 2 is 0.908 bits per heavy atom. The summed E-state index contributed by atoms with van der Waals surface area (Å²) in [6.07, 6.45) is 8.25. The zero-order valence-corrected chi connectivity index (χ0v) is 39.1. The Labute approximate surface area is 384 Å². The Morgan fingerprint density at radius 3 is 1.37 bits per heavy atom. The summed E-state index contributed by atoms with van der Waals surface area (Å²) in [5.41, 5.74) is 15.2. The van der Waals surface area contributed by atoms with Gasteiger partial charge in [-0.05, 0) is 112 Å². The fourth-order valence-corrected chi connectivity index (χ4v) is 10.7. The molecule has 8 aromatic carbocycles. The molecule has 0 spiro atoms. The minimum atomic E-state index is 0.140. The van der Waals surface area contributed by atoms with Crippen LogP contribution in [0.1, 0.15) is 96.3 Å². The second-order valence-electron chi connectivity index (χ2n) is 19.7. The Hall–Kier alpha value is -6.84. The first-order valence-corrected chi connectivity index (χ1v) is 23.9. The molecule has 0 aliphatic heterocycles. The number of aromatic nitrogens is 1. The summed E-state index contributed by atoms with van der Waals surface area (Å²) in [5.74, 6) is 1.83. The largest absolute Gasteiger partial charge is 0.333 e. The van der Waals surface area contributed by atoms with Crippen molar-refractivity contribution in [1.29, 1.82) is 0 Å². The van der Waals surface area contributed by atoms with Crippen LogP contribution in [0.25, 0.3) is 59.6 Å². The van der Waals surface area contributed by atoms with Crippen molar-refractivity contribution in [1.82, 2.24) is 4.40 Å². The van der Waals surface area contributed by atoms with Gasteiger partial charge in [0.15, 0.2) is 0 Å². The molecule has 0 saturated heterocycles. The molecule has 0 radical (unpaired) electrons. The van der Waals surface area contributed by atoms with Crippen LogP contribution in [0.15, 0.2) is 175 Å². The van der Waals surface area contributed by atoms with E-state index in [1.165, 1.54) is 99.0 Å². The lowest BCUT2D eigenvalue weighted by Crippen LogP contribution is -2.30. The number of nitrogens with zero attached hydrogens (tertiary/aromatic N) is 3. The summed E-state index contributed by atoms with van der Waals surface area (Å²) >= 11 is 0. The molecule has 0 N–H and O–H groups in total. The van der Waals surface area contributed by atoms with Crippen LogP contribution >= 0.6 is 0 Å². The fraction of sp³-hybridized carbons (Fsp3) is 0.226. The normalized spacial score (nSPS) is 14.5. The maximum atomic E-state index is 2.66. The van der Waals surface area contributed by atoms with Gasteiger partial charge < -0.3 is 14.2 Å². The highest BCUT2D eigenvalue weighted by molar-refractivity contribution is 6.33. The van der Waals surface area contributed by atoms with E-state index in [4.69, 9.17) is 0 Å². The van der Waals surface area contributed by atoms with Crippen LogP contribution < -0.4 is 9.80 Å². The van der Waals surface area contributed by atoms with Crippen molar-refractivity contribution < 1.29 is 0 Å². The Bertz CT molecular complexity index is 3400. The number of benzene rings is 8. The van der Waals surface area contributed by atoms with Gasteiger partial charge in [-0.25, -0.2) is 0 Å². The van der Waals surface area contributed by atoms with Crippen molar-refractivity contribution in [3.8, 4) is 0 Å². The fourth-order valence-electron chi connectivity index (χ4n) is 10.7. The first-order valence-electron chi connectivity index (χ1n) is 23.9. The number of hydrogen-bond acceptors (Lipinski definition) is 2. The lowest BCUT2D eigenvalue weighted by atomic mass is 9.92. The van der Waals surface area contributed by atoms with Crippen molar-refractivity contribution in [3.63, 3.8) is 0 Å². The summed E-state index contributed by atoms with van der Waals surface area (Å²) < 4.78 is 2.61. The van der Waals surface area contributed by atoms with Gasteiger partial charge >= 0.3 is 0 Å². The van der Waals surface area contributed by atoms with E-state index in [0.29, 0.717) is 23.7 Å². The topological polar surface area (TPSA) is 10.9 Å². The first-order chi connectivity index (χ1) is 31.6. The van der Waals surface area contributed by atoms with Gasteiger partial charge in [0, 0.05) is 49.4 Å². The molecule has 0 amide bonds. The van der Waals surface area contributed by atoms with Crippen LogP contribution in [-0.4, -0.2) is 10.4 Å². The van der Waals surface area contributed by atoms with E-state index in [-0.39, 0.29) is 6.04 Å². The van der Waals surface area contributed by atoms with Gasteiger partial charge in [-0.1, -0.05) is 177 Å². The molecule has 11 rings (SSSR count). The van der Waals surface area contributed by atoms with Gasteiger partial charge in [0.1, 0.15) is 0 Å². The van der Waals surface area contributed by atoms with Gasteiger partial charge in [-0.2, -0.15) is 0 Å². The first kappa shape index (κ1) is 40.9. The third kappa shape index (κ3) is 6.70. The second kappa shape index (κ2) is 16.0. The quantitative estimate of drug-likeness (QED) is 0.136. The molecule has 1 aliphatic rings.